The van der Waals surface area contributed by atoms with Gasteiger partial charge in [-0.3, -0.25) is 4.79 Å². The molecule has 1 fully saturated rings. The Morgan fingerprint density at radius 3 is 2.67 bits per heavy atom. The van der Waals surface area contributed by atoms with Crippen molar-refractivity contribution in [2.45, 2.75) is 12.8 Å². The van der Waals surface area contributed by atoms with Gasteiger partial charge in [-0.05, 0) is 40.9 Å². The number of likely N-dealkylation sites (tertiary alicyclic amines) is 1. The molecule has 5 heteroatoms. The molecule has 1 heterocycles. The van der Waals surface area contributed by atoms with Crippen LogP contribution in [0.4, 0.5) is 4.39 Å². The summed E-state index contributed by atoms with van der Waals surface area (Å²) < 4.78 is 14.1. The van der Waals surface area contributed by atoms with Crippen molar-refractivity contribution in [2.75, 3.05) is 13.1 Å². The first-order valence-corrected chi connectivity index (χ1v) is 6.55. The van der Waals surface area contributed by atoms with Gasteiger partial charge in [0.05, 0.1) is 11.6 Å². The highest BCUT2D eigenvalue weighted by atomic mass is 79.9. The summed E-state index contributed by atoms with van der Waals surface area (Å²) in [7, 11) is 0. The third kappa shape index (κ3) is 2.54. The second-order valence-corrected chi connectivity index (χ2v) is 5.15. The molecular formula is C13H12BrFN2O. The molecule has 0 saturated carbocycles. The average Bonchev–Trinajstić information content (AvgIpc) is 2.38. The van der Waals surface area contributed by atoms with Crippen LogP contribution in [0.1, 0.15) is 23.2 Å². The first kappa shape index (κ1) is 13.0. The Labute approximate surface area is 113 Å². The van der Waals surface area contributed by atoms with E-state index in [-0.39, 0.29) is 17.4 Å². The molecule has 1 aliphatic heterocycles. The van der Waals surface area contributed by atoms with E-state index in [0.717, 1.165) is 0 Å². The van der Waals surface area contributed by atoms with Crippen molar-refractivity contribution in [1.29, 1.82) is 5.26 Å². The van der Waals surface area contributed by atoms with Crippen LogP contribution in [0.25, 0.3) is 0 Å². The van der Waals surface area contributed by atoms with Gasteiger partial charge < -0.3 is 4.90 Å². The van der Waals surface area contributed by atoms with Gasteiger partial charge in [0, 0.05) is 23.5 Å². The maximum absolute atomic E-state index is 13.7. The summed E-state index contributed by atoms with van der Waals surface area (Å²) in [6.45, 7) is 1.02. The number of carbonyl (C=O) groups excluding carboxylic acids is 1. The third-order valence-corrected chi connectivity index (χ3v) is 3.80. The molecule has 0 unspecified atom stereocenters. The lowest BCUT2D eigenvalue weighted by Gasteiger charge is -2.29. The minimum absolute atomic E-state index is 0.0121. The second-order valence-electron chi connectivity index (χ2n) is 4.29. The summed E-state index contributed by atoms with van der Waals surface area (Å²) >= 11 is 3.20. The maximum atomic E-state index is 13.7. The molecule has 1 aliphatic rings. The first-order chi connectivity index (χ1) is 8.63. The summed E-state index contributed by atoms with van der Waals surface area (Å²) in [4.78, 5) is 13.8. The van der Waals surface area contributed by atoms with Crippen molar-refractivity contribution in [2.24, 2.45) is 5.92 Å². The van der Waals surface area contributed by atoms with Gasteiger partial charge in [0.25, 0.3) is 5.91 Å². The van der Waals surface area contributed by atoms with Gasteiger partial charge in [-0.1, -0.05) is 6.07 Å². The molecule has 0 atom stereocenters. The molecule has 18 heavy (non-hydrogen) atoms. The Morgan fingerprint density at radius 1 is 1.44 bits per heavy atom. The van der Waals surface area contributed by atoms with E-state index in [9.17, 15) is 9.18 Å². The van der Waals surface area contributed by atoms with Gasteiger partial charge in [0.1, 0.15) is 5.82 Å². The van der Waals surface area contributed by atoms with Crippen molar-refractivity contribution in [3.8, 4) is 6.07 Å². The van der Waals surface area contributed by atoms with E-state index in [1.165, 1.54) is 6.07 Å². The van der Waals surface area contributed by atoms with Gasteiger partial charge in [0.15, 0.2) is 0 Å². The summed E-state index contributed by atoms with van der Waals surface area (Å²) in [5.41, 5.74) is 0.0768. The third-order valence-electron chi connectivity index (χ3n) is 3.14. The van der Waals surface area contributed by atoms with Gasteiger partial charge in [-0.2, -0.15) is 5.26 Å². The molecule has 1 aromatic rings. The van der Waals surface area contributed by atoms with Crippen molar-refractivity contribution in [3.05, 3.63) is 34.1 Å². The quantitative estimate of drug-likeness (QED) is 0.800. The van der Waals surface area contributed by atoms with Gasteiger partial charge in [-0.25, -0.2) is 4.39 Å². The maximum Gasteiger partial charge on any atom is 0.257 e. The van der Waals surface area contributed by atoms with Crippen LogP contribution >= 0.6 is 15.9 Å². The van der Waals surface area contributed by atoms with E-state index in [1.807, 2.05) is 0 Å². The van der Waals surface area contributed by atoms with Crippen LogP contribution in [-0.4, -0.2) is 23.9 Å². The topological polar surface area (TPSA) is 44.1 Å². The molecule has 0 aliphatic carbocycles. The zero-order valence-electron chi connectivity index (χ0n) is 9.70. The van der Waals surface area contributed by atoms with Crippen LogP contribution in [0.15, 0.2) is 22.7 Å². The molecule has 3 nitrogen and oxygen atoms in total. The predicted octanol–water partition coefficient (Wildman–Crippen LogP) is 2.96. The van der Waals surface area contributed by atoms with E-state index in [4.69, 9.17) is 5.26 Å². The Bertz CT molecular complexity index is 484. The number of nitrogens with zero attached hydrogens (tertiary/aromatic N) is 2. The summed E-state index contributed by atoms with van der Waals surface area (Å²) in [6, 6.07) is 6.69. The fourth-order valence-corrected chi connectivity index (χ4v) is 2.58. The minimum Gasteiger partial charge on any atom is -0.338 e. The highest BCUT2D eigenvalue weighted by Gasteiger charge is 2.26. The molecule has 94 valence electrons. The Morgan fingerprint density at radius 2 is 2.11 bits per heavy atom. The number of halogens is 2. The molecule has 1 saturated heterocycles. The zero-order chi connectivity index (χ0) is 13.1. The number of hydrogen-bond acceptors (Lipinski definition) is 2. The molecule has 0 bridgehead atoms. The zero-order valence-corrected chi connectivity index (χ0v) is 11.3. The first-order valence-electron chi connectivity index (χ1n) is 5.76. The lowest BCUT2D eigenvalue weighted by Crippen LogP contribution is -2.38. The molecule has 2 rings (SSSR count). The largest absolute Gasteiger partial charge is 0.338 e. The van der Waals surface area contributed by atoms with Gasteiger partial charge >= 0.3 is 0 Å². The van der Waals surface area contributed by atoms with E-state index < -0.39 is 5.82 Å². The average molecular weight is 311 g/mol. The fraction of sp³-hybridized carbons (Fsp3) is 0.385. The Hall–Kier alpha value is -1.41. The van der Waals surface area contributed by atoms with Crippen molar-refractivity contribution < 1.29 is 9.18 Å². The smallest absolute Gasteiger partial charge is 0.257 e. The summed E-state index contributed by atoms with van der Waals surface area (Å²) in [5.74, 6) is -0.814. The van der Waals surface area contributed by atoms with Crippen LogP contribution in [0.5, 0.6) is 0 Å². The number of rotatable bonds is 1. The number of hydrogen-bond donors (Lipinski definition) is 0. The molecule has 1 amide bonds. The van der Waals surface area contributed by atoms with E-state index >= 15 is 0 Å². The number of nitriles is 1. The van der Waals surface area contributed by atoms with E-state index in [1.54, 1.807) is 17.0 Å². The van der Waals surface area contributed by atoms with Gasteiger partial charge in [-0.15, -0.1) is 0 Å². The fourth-order valence-electron chi connectivity index (χ4n) is 2.07. The van der Waals surface area contributed by atoms with Crippen molar-refractivity contribution in [1.82, 2.24) is 4.90 Å². The van der Waals surface area contributed by atoms with Crippen LogP contribution in [0, 0.1) is 23.1 Å². The van der Waals surface area contributed by atoms with Crippen LogP contribution in [-0.2, 0) is 0 Å². The minimum atomic E-state index is -0.517. The molecule has 1 aromatic carbocycles. The highest BCUT2D eigenvalue weighted by molar-refractivity contribution is 9.10. The normalized spacial score (nSPS) is 16.4. The van der Waals surface area contributed by atoms with Crippen LogP contribution in [0.3, 0.4) is 0 Å². The predicted molar refractivity (Wildman–Crippen MR) is 68.3 cm³/mol. The van der Waals surface area contributed by atoms with Crippen LogP contribution < -0.4 is 0 Å². The second kappa shape index (κ2) is 5.49. The summed E-state index contributed by atoms with van der Waals surface area (Å²) in [6.07, 6.45) is 1.32. The molecule has 0 N–H and O–H groups in total. The van der Waals surface area contributed by atoms with Gasteiger partial charge in [0.2, 0.25) is 0 Å². The lowest BCUT2D eigenvalue weighted by molar-refractivity contribution is 0.0701. The summed E-state index contributed by atoms with van der Waals surface area (Å²) in [5, 5.41) is 8.80. The van der Waals surface area contributed by atoms with Crippen molar-refractivity contribution in [3.63, 3.8) is 0 Å². The molecule has 0 radical (unpaired) electrons. The van der Waals surface area contributed by atoms with Crippen molar-refractivity contribution >= 4 is 21.8 Å². The van der Waals surface area contributed by atoms with E-state index in [0.29, 0.717) is 30.4 Å². The number of carbonyl (C=O) groups is 1. The SMILES string of the molecule is N#CC1CCN(C(=O)c2c(F)cccc2Br)CC1. The molecule has 0 spiro atoms. The number of amides is 1. The monoisotopic (exact) mass is 310 g/mol. The molecule has 0 aromatic heterocycles. The van der Waals surface area contributed by atoms with E-state index in [2.05, 4.69) is 22.0 Å². The Balaban J connectivity index is 2.16. The number of benzene rings is 1. The lowest BCUT2D eigenvalue weighted by atomic mass is 9.98. The molecular weight excluding hydrogens is 299 g/mol. The van der Waals surface area contributed by atoms with Crippen LogP contribution in [0.2, 0.25) is 0 Å². The highest BCUT2D eigenvalue weighted by Crippen LogP contribution is 2.24. The number of piperidine rings is 1. The standard InChI is InChI=1S/C13H12BrFN2O/c14-10-2-1-3-11(15)12(10)13(18)17-6-4-9(8-16)5-7-17/h1-3,9H,4-7H2. The Kier molecular flexibility index (Phi) is 3.97.